The lowest BCUT2D eigenvalue weighted by atomic mass is 10.1. The fraction of sp³-hybridized carbons (Fsp3) is 0.350. The van der Waals surface area contributed by atoms with Gasteiger partial charge in [-0.15, -0.1) is 0 Å². The van der Waals surface area contributed by atoms with E-state index >= 15 is 0 Å². The number of piperazine rings is 1. The van der Waals surface area contributed by atoms with Crippen molar-refractivity contribution in [3.05, 3.63) is 65.3 Å². The molecule has 0 aromatic heterocycles. The summed E-state index contributed by atoms with van der Waals surface area (Å²) < 4.78 is 18.4. The molecule has 0 aliphatic carbocycles. The molecule has 133 valence electrons. The standard InChI is InChI=1S/C20H23ClFN2O/c1-25-20-9-6-17(21)15-19(20)24-13-11-23(12-14-24)10-2-3-16-4-7-18(22)8-5-16/h3-9,15H,2,10-14H2,1H3. The van der Waals surface area contributed by atoms with E-state index in [2.05, 4.69) is 16.2 Å². The maximum absolute atomic E-state index is 12.9. The van der Waals surface area contributed by atoms with E-state index in [9.17, 15) is 4.39 Å². The molecule has 1 aliphatic rings. The second kappa shape index (κ2) is 8.54. The van der Waals surface area contributed by atoms with Crippen molar-refractivity contribution in [1.29, 1.82) is 0 Å². The van der Waals surface area contributed by atoms with Gasteiger partial charge in [0.1, 0.15) is 11.6 Å². The Morgan fingerprint density at radius 1 is 1.08 bits per heavy atom. The van der Waals surface area contributed by atoms with Gasteiger partial charge >= 0.3 is 0 Å². The molecule has 5 heteroatoms. The first kappa shape index (κ1) is 18.0. The number of ether oxygens (including phenoxy) is 1. The Hall–Kier alpha value is -1.78. The minimum atomic E-state index is -0.190. The van der Waals surface area contributed by atoms with Crippen LogP contribution in [0.3, 0.4) is 0 Å². The molecule has 0 bridgehead atoms. The largest absolute Gasteiger partial charge is 0.495 e. The lowest BCUT2D eigenvalue weighted by molar-refractivity contribution is 0.260. The Labute approximate surface area is 154 Å². The lowest BCUT2D eigenvalue weighted by Gasteiger charge is -2.36. The van der Waals surface area contributed by atoms with Gasteiger partial charge < -0.3 is 9.64 Å². The maximum atomic E-state index is 12.9. The first-order chi connectivity index (χ1) is 12.2. The minimum absolute atomic E-state index is 0.190. The van der Waals surface area contributed by atoms with E-state index in [1.54, 1.807) is 7.11 Å². The Morgan fingerprint density at radius 2 is 1.80 bits per heavy atom. The van der Waals surface area contributed by atoms with Gasteiger partial charge in [-0.25, -0.2) is 4.39 Å². The maximum Gasteiger partial charge on any atom is 0.142 e. The van der Waals surface area contributed by atoms with Crippen molar-refractivity contribution in [2.24, 2.45) is 0 Å². The number of anilines is 1. The average Bonchev–Trinajstić information content (AvgIpc) is 2.64. The predicted molar refractivity (Wildman–Crippen MR) is 101 cm³/mol. The summed E-state index contributed by atoms with van der Waals surface area (Å²) in [7, 11) is 1.69. The molecule has 0 amide bonds. The average molecular weight is 362 g/mol. The fourth-order valence-corrected chi connectivity index (χ4v) is 3.30. The highest BCUT2D eigenvalue weighted by molar-refractivity contribution is 6.30. The van der Waals surface area contributed by atoms with E-state index in [1.165, 1.54) is 12.1 Å². The second-order valence-electron chi connectivity index (χ2n) is 6.19. The van der Waals surface area contributed by atoms with Gasteiger partial charge in [-0.1, -0.05) is 23.7 Å². The Bertz CT molecular complexity index is 685. The van der Waals surface area contributed by atoms with Crippen LogP contribution in [0.2, 0.25) is 5.02 Å². The van der Waals surface area contributed by atoms with E-state index in [1.807, 2.05) is 30.3 Å². The summed E-state index contributed by atoms with van der Waals surface area (Å²) in [5, 5.41) is 0.729. The van der Waals surface area contributed by atoms with Gasteiger partial charge in [0.25, 0.3) is 0 Å². The number of methoxy groups -OCH3 is 1. The van der Waals surface area contributed by atoms with Crippen molar-refractivity contribution in [2.45, 2.75) is 6.42 Å². The molecular formula is C20H23ClFN2O. The first-order valence-corrected chi connectivity index (χ1v) is 8.93. The third kappa shape index (κ3) is 4.86. The quantitative estimate of drug-likeness (QED) is 0.764. The SMILES string of the molecule is COc1ccc(Cl)cc1N1CCN(CC[CH]c2ccc(F)cc2)CC1. The molecule has 0 atom stereocenters. The molecule has 3 rings (SSSR count). The van der Waals surface area contributed by atoms with Gasteiger partial charge in [-0.05, 0) is 55.3 Å². The van der Waals surface area contributed by atoms with Crippen molar-refractivity contribution in [1.82, 2.24) is 4.90 Å². The minimum Gasteiger partial charge on any atom is -0.495 e. The van der Waals surface area contributed by atoms with Crippen molar-refractivity contribution >= 4 is 17.3 Å². The smallest absolute Gasteiger partial charge is 0.142 e. The Morgan fingerprint density at radius 3 is 2.48 bits per heavy atom. The highest BCUT2D eigenvalue weighted by Crippen LogP contribution is 2.31. The van der Waals surface area contributed by atoms with Gasteiger partial charge in [0, 0.05) is 31.2 Å². The molecule has 2 aromatic carbocycles. The summed E-state index contributed by atoms with van der Waals surface area (Å²) in [5.41, 5.74) is 2.14. The predicted octanol–water partition coefficient (Wildman–Crippen LogP) is 4.25. The lowest BCUT2D eigenvalue weighted by Crippen LogP contribution is -2.46. The summed E-state index contributed by atoms with van der Waals surface area (Å²) in [6.07, 6.45) is 3.12. The van der Waals surface area contributed by atoms with Crippen LogP contribution in [0, 0.1) is 12.2 Å². The number of hydrogen-bond acceptors (Lipinski definition) is 3. The molecule has 1 heterocycles. The molecule has 0 unspecified atom stereocenters. The molecule has 1 saturated heterocycles. The number of hydrogen-bond donors (Lipinski definition) is 0. The topological polar surface area (TPSA) is 15.7 Å². The second-order valence-corrected chi connectivity index (χ2v) is 6.63. The summed E-state index contributed by atoms with van der Waals surface area (Å²) in [5.74, 6) is 0.673. The molecule has 1 fully saturated rings. The van der Waals surface area contributed by atoms with Gasteiger partial charge in [0.05, 0.1) is 12.8 Å². The van der Waals surface area contributed by atoms with Crippen LogP contribution in [-0.4, -0.2) is 44.7 Å². The number of rotatable bonds is 6. The highest BCUT2D eigenvalue weighted by Gasteiger charge is 2.19. The Kier molecular flexibility index (Phi) is 6.16. The van der Waals surface area contributed by atoms with E-state index in [0.717, 1.165) is 61.2 Å². The van der Waals surface area contributed by atoms with Crippen molar-refractivity contribution < 1.29 is 9.13 Å². The summed E-state index contributed by atoms with van der Waals surface area (Å²) in [6, 6.07) is 12.4. The van der Waals surface area contributed by atoms with Crippen molar-refractivity contribution in [3.8, 4) is 5.75 Å². The van der Waals surface area contributed by atoms with E-state index < -0.39 is 0 Å². The first-order valence-electron chi connectivity index (χ1n) is 8.55. The molecular weight excluding hydrogens is 339 g/mol. The number of benzene rings is 2. The normalized spacial score (nSPS) is 15.4. The van der Waals surface area contributed by atoms with E-state index in [0.29, 0.717) is 0 Å². The zero-order valence-corrected chi connectivity index (χ0v) is 15.2. The Balaban J connectivity index is 1.47. The monoisotopic (exact) mass is 361 g/mol. The fourth-order valence-electron chi connectivity index (χ4n) is 3.14. The number of nitrogens with zero attached hydrogens (tertiary/aromatic N) is 2. The molecule has 3 nitrogen and oxygen atoms in total. The molecule has 0 saturated carbocycles. The molecule has 1 radical (unpaired) electrons. The zero-order valence-electron chi connectivity index (χ0n) is 14.4. The summed E-state index contributed by atoms with van der Waals surface area (Å²) in [4.78, 5) is 4.78. The molecule has 2 aromatic rings. The van der Waals surface area contributed by atoms with Gasteiger partial charge in [0.15, 0.2) is 0 Å². The van der Waals surface area contributed by atoms with Gasteiger partial charge in [-0.3, -0.25) is 4.90 Å². The molecule has 0 spiro atoms. The van der Waals surface area contributed by atoms with Crippen LogP contribution >= 0.6 is 11.6 Å². The van der Waals surface area contributed by atoms with Crippen LogP contribution in [0.1, 0.15) is 12.0 Å². The molecule has 25 heavy (non-hydrogen) atoms. The van der Waals surface area contributed by atoms with Crippen LogP contribution in [0.4, 0.5) is 10.1 Å². The van der Waals surface area contributed by atoms with E-state index in [-0.39, 0.29) is 5.82 Å². The third-order valence-corrected chi connectivity index (χ3v) is 4.78. The molecule has 1 aliphatic heterocycles. The number of halogens is 2. The van der Waals surface area contributed by atoms with Crippen molar-refractivity contribution in [3.63, 3.8) is 0 Å². The third-order valence-electron chi connectivity index (χ3n) is 4.55. The van der Waals surface area contributed by atoms with Crippen LogP contribution in [-0.2, 0) is 0 Å². The van der Waals surface area contributed by atoms with Crippen LogP contribution in [0.5, 0.6) is 5.75 Å². The van der Waals surface area contributed by atoms with Crippen LogP contribution in [0.25, 0.3) is 0 Å². The summed E-state index contributed by atoms with van der Waals surface area (Å²) in [6.45, 7) is 4.93. The van der Waals surface area contributed by atoms with E-state index in [4.69, 9.17) is 16.3 Å². The highest BCUT2D eigenvalue weighted by atomic mass is 35.5. The van der Waals surface area contributed by atoms with Gasteiger partial charge in [-0.2, -0.15) is 0 Å². The summed E-state index contributed by atoms with van der Waals surface area (Å²) >= 11 is 6.14. The zero-order chi connectivity index (χ0) is 17.6. The van der Waals surface area contributed by atoms with Crippen LogP contribution < -0.4 is 9.64 Å². The van der Waals surface area contributed by atoms with Gasteiger partial charge in [0.2, 0.25) is 0 Å². The molecule has 0 N–H and O–H groups in total. The van der Waals surface area contributed by atoms with Crippen LogP contribution in [0.15, 0.2) is 42.5 Å². The van der Waals surface area contributed by atoms with Crippen molar-refractivity contribution in [2.75, 3.05) is 44.7 Å².